The van der Waals surface area contributed by atoms with Gasteiger partial charge in [0.2, 0.25) is 0 Å². The fraction of sp³-hybridized carbons (Fsp3) is 0.867. The van der Waals surface area contributed by atoms with E-state index in [4.69, 9.17) is 4.74 Å². The zero-order chi connectivity index (χ0) is 12.6. The summed E-state index contributed by atoms with van der Waals surface area (Å²) in [6, 6.07) is 0. The first kappa shape index (κ1) is 14.9. The third-order valence-corrected chi connectivity index (χ3v) is 4.88. The van der Waals surface area contributed by atoms with Crippen LogP contribution in [0.25, 0.3) is 0 Å². The maximum absolute atomic E-state index is 5.54. The van der Waals surface area contributed by atoms with E-state index in [0.29, 0.717) is 5.41 Å². The standard InChI is InChI=1S/C15H28OS/c1-4-15(8-6-11-17-12-9-15)7-5-10-16-13-14(2)3/h13H,4-12H2,1-3H3. The maximum atomic E-state index is 5.54. The molecule has 1 heterocycles. The number of allylic oxidation sites excluding steroid dienone is 1. The normalized spacial score (nSPS) is 25.1. The average Bonchev–Trinajstić information content (AvgIpc) is 2.54. The van der Waals surface area contributed by atoms with E-state index in [0.717, 1.165) is 6.61 Å². The van der Waals surface area contributed by atoms with Crippen molar-refractivity contribution in [2.75, 3.05) is 18.1 Å². The summed E-state index contributed by atoms with van der Waals surface area (Å²) in [5.41, 5.74) is 1.87. The molecular weight excluding hydrogens is 228 g/mol. The van der Waals surface area contributed by atoms with Gasteiger partial charge in [-0.25, -0.2) is 0 Å². The predicted octanol–water partition coefficient (Wildman–Crippen LogP) is 5.02. The SMILES string of the molecule is CCC1(CCCOC=C(C)C)CCCSCC1. The molecule has 1 atom stereocenters. The van der Waals surface area contributed by atoms with Crippen LogP contribution in [0.4, 0.5) is 0 Å². The Morgan fingerprint density at radius 3 is 2.82 bits per heavy atom. The molecule has 0 aromatic rings. The second-order valence-corrected chi connectivity index (χ2v) is 6.71. The van der Waals surface area contributed by atoms with Crippen LogP contribution in [0.5, 0.6) is 0 Å². The molecule has 1 nitrogen and oxygen atoms in total. The summed E-state index contributed by atoms with van der Waals surface area (Å²) >= 11 is 2.14. The number of hydrogen-bond donors (Lipinski definition) is 0. The van der Waals surface area contributed by atoms with Gasteiger partial charge in [0.1, 0.15) is 0 Å². The summed E-state index contributed by atoms with van der Waals surface area (Å²) in [4.78, 5) is 0. The van der Waals surface area contributed by atoms with Gasteiger partial charge < -0.3 is 4.74 Å². The lowest BCUT2D eigenvalue weighted by molar-refractivity contribution is 0.175. The van der Waals surface area contributed by atoms with Gasteiger partial charge in [0.05, 0.1) is 12.9 Å². The van der Waals surface area contributed by atoms with Gasteiger partial charge >= 0.3 is 0 Å². The van der Waals surface area contributed by atoms with Crippen LogP contribution < -0.4 is 0 Å². The molecule has 100 valence electrons. The highest BCUT2D eigenvalue weighted by atomic mass is 32.2. The van der Waals surface area contributed by atoms with E-state index in [1.54, 1.807) is 0 Å². The van der Waals surface area contributed by atoms with Crippen molar-refractivity contribution in [3.63, 3.8) is 0 Å². The molecule has 0 N–H and O–H groups in total. The minimum Gasteiger partial charge on any atom is -0.501 e. The van der Waals surface area contributed by atoms with Gasteiger partial charge in [-0.2, -0.15) is 11.8 Å². The van der Waals surface area contributed by atoms with Crippen molar-refractivity contribution >= 4 is 11.8 Å². The first-order valence-corrected chi connectivity index (χ1v) is 8.17. The van der Waals surface area contributed by atoms with Crippen molar-refractivity contribution in [1.29, 1.82) is 0 Å². The third-order valence-electron chi connectivity index (χ3n) is 3.81. The van der Waals surface area contributed by atoms with Crippen molar-refractivity contribution in [3.8, 4) is 0 Å². The van der Waals surface area contributed by atoms with Crippen LogP contribution in [-0.2, 0) is 4.74 Å². The molecule has 1 fully saturated rings. The monoisotopic (exact) mass is 256 g/mol. The molecule has 1 aliphatic heterocycles. The summed E-state index contributed by atoms with van der Waals surface area (Å²) < 4.78 is 5.54. The van der Waals surface area contributed by atoms with Crippen molar-refractivity contribution in [2.45, 2.75) is 59.3 Å². The van der Waals surface area contributed by atoms with Crippen molar-refractivity contribution < 1.29 is 4.74 Å². The Hall–Kier alpha value is -0.110. The van der Waals surface area contributed by atoms with Crippen molar-refractivity contribution in [3.05, 3.63) is 11.8 Å². The molecule has 1 unspecified atom stereocenters. The summed E-state index contributed by atoms with van der Waals surface area (Å²) in [6.07, 6.45) is 10.0. The molecule has 17 heavy (non-hydrogen) atoms. The molecule has 0 amide bonds. The molecule has 0 radical (unpaired) electrons. The van der Waals surface area contributed by atoms with Crippen LogP contribution in [0.15, 0.2) is 11.8 Å². The van der Waals surface area contributed by atoms with Crippen molar-refractivity contribution in [2.24, 2.45) is 5.41 Å². The summed E-state index contributed by atoms with van der Waals surface area (Å²) in [5.74, 6) is 2.73. The van der Waals surface area contributed by atoms with Crippen LogP contribution in [-0.4, -0.2) is 18.1 Å². The maximum Gasteiger partial charge on any atom is 0.0873 e. The highest BCUT2D eigenvalue weighted by molar-refractivity contribution is 7.99. The van der Waals surface area contributed by atoms with E-state index in [-0.39, 0.29) is 0 Å². The molecule has 1 rings (SSSR count). The van der Waals surface area contributed by atoms with Crippen LogP contribution in [0.2, 0.25) is 0 Å². The predicted molar refractivity (Wildman–Crippen MR) is 78.5 cm³/mol. The number of hydrogen-bond acceptors (Lipinski definition) is 2. The first-order chi connectivity index (χ1) is 8.18. The van der Waals surface area contributed by atoms with Crippen molar-refractivity contribution in [1.82, 2.24) is 0 Å². The van der Waals surface area contributed by atoms with Gasteiger partial charge in [-0.3, -0.25) is 0 Å². The second-order valence-electron chi connectivity index (χ2n) is 5.49. The lowest BCUT2D eigenvalue weighted by atomic mass is 9.75. The minimum atomic E-state index is 0.623. The summed E-state index contributed by atoms with van der Waals surface area (Å²) in [7, 11) is 0. The van der Waals surface area contributed by atoms with Gasteiger partial charge in [0.15, 0.2) is 0 Å². The largest absolute Gasteiger partial charge is 0.501 e. The fourth-order valence-electron chi connectivity index (χ4n) is 2.60. The molecule has 0 spiro atoms. The second kappa shape index (κ2) is 8.07. The summed E-state index contributed by atoms with van der Waals surface area (Å²) in [5, 5.41) is 0. The lowest BCUT2D eigenvalue weighted by Crippen LogP contribution is -2.20. The Morgan fingerprint density at radius 2 is 2.12 bits per heavy atom. The molecule has 0 aromatic heterocycles. The van der Waals surface area contributed by atoms with Gasteiger partial charge in [0, 0.05) is 0 Å². The fourth-order valence-corrected chi connectivity index (χ4v) is 3.73. The zero-order valence-corrected chi connectivity index (χ0v) is 12.6. The smallest absolute Gasteiger partial charge is 0.0873 e. The Labute approximate surface area is 111 Å². The van der Waals surface area contributed by atoms with Gasteiger partial charge in [-0.15, -0.1) is 0 Å². The molecule has 1 aliphatic rings. The average molecular weight is 256 g/mol. The molecular formula is C15H28OS. The van der Waals surface area contributed by atoms with Gasteiger partial charge in [-0.05, 0) is 68.4 Å². The Kier molecular flexibility index (Phi) is 7.10. The highest BCUT2D eigenvalue weighted by Gasteiger charge is 2.28. The molecule has 0 saturated carbocycles. The Balaban J connectivity index is 2.27. The quantitative estimate of drug-likeness (QED) is 0.487. The molecule has 1 saturated heterocycles. The molecule has 0 aromatic carbocycles. The number of rotatable bonds is 6. The highest BCUT2D eigenvalue weighted by Crippen LogP contribution is 2.40. The van der Waals surface area contributed by atoms with E-state index >= 15 is 0 Å². The van der Waals surface area contributed by atoms with Crippen LogP contribution >= 0.6 is 11.8 Å². The zero-order valence-electron chi connectivity index (χ0n) is 11.8. The number of thioether (sulfide) groups is 1. The van der Waals surface area contributed by atoms with Crippen LogP contribution in [0, 0.1) is 5.41 Å². The van der Waals surface area contributed by atoms with E-state index in [2.05, 4.69) is 32.5 Å². The third kappa shape index (κ3) is 5.85. The Morgan fingerprint density at radius 1 is 1.29 bits per heavy atom. The topological polar surface area (TPSA) is 9.23 Å². The molecule has 2 heteroatoms. The van der Waals surface area contributed by atoms with E-state index < -0.39 is 0 Å². The first-order valence-electron chi connectivity index (χ1n) is 7.01. The molecule has 0 aliphatic carbocycles. The Bertz CT molecular complexity index is 223. The van der Waals surface area contributed by atoms with Gasteiger partial charge in [-0.1, -0.05) is 13.3 Å². The summed E-state index contributed by atoms with van der Waals surface area (Å²) in [6.45, 7) is 7.42. The van der Waals surface area contributed by atoms with E-state index in [9.17, 15) is 0 Å². The minimum absolute atomic E-state index is 0.623. The van der Waals surface area contributed by atoms with Crippen LogP contribution in [0.3, 0.4) is 0 Å². The molecule has 0 bridgehead atoms. The van der Waals surface area contributed by atoms with Gasteiger partial charge in [0.25, 0.3) is 0 Å². The number of ether oxygens (including phenoxy) is 1. The van der Waals surface area contributed by atoms with E-state index in [1.807, 2.05) is 6.26 Å². The van der Waals surface area contributed by atoms with Crippen LogP contribution in [0.1, 0.15) is 59.3 Å². The van der Waals surface area contributed by atoms with E-state index in [1.165, 1.54) is 55.6 Å². The lowest BCUT2D eigenvalue weighted by Gasteiger charge is -2.31.